The number of hydrogen-bond donors (Lipinski definition) is 1. The van der Waals surface area contributed by atoms with E-state index in [1.54, 1.807) is 0 Å². The lowest BCUT2D eigenvalue weighted by Gasteiger charge is -2.25. The van der Waals surface area contributed by atoms with E-state index < -0.39 is 0 Å². The van der Waals surface area contributed by atoms with Crippen LogP contribution in [0.3, 0.4) is 0 Å². The van der Waals surface area contributed by atoms with Crippen LogP contribution < -0.4 is 10.6 Å². The predicted molar refractivity (Wildman–Crippen MR) is 76.7 cm³/mol. The van der Waals surface area contributed by atoms with Gasteiger partial charge in [0.1, 0.15) is 0 Å². The zero-order valence-electron chi connectivity index (χ0n) is 11.7. The highest BCUT2D eigenvalue weighted by Crippen LogP contribution is 2.27. The van der Waals surface area contributed by atoms with Gasteiger partial charge in [-0.1, -0.05) is 13.3 Å². The summed E-state index contributed by atoms with van der Waals surface area (Å²) in [6.07, 6.45) is 7.22. The number of hydrogen-bond acceptors (Lipinski definition) is 3. The fourth-order valence-corrected chi connectivity index (χ4v) is 2.84. The zero-order chi connectivity index (χ0) is 13.0. The molecule has 1 atom stereocenters. The molecular formula is C15H25N3. The molecule has 0 amide bonds. The average Bonchev–Trinajstić information content (AvgIpc) is 2.63. The Bertz CT molecular complexity index is 389. The van der Waals surface area contributed by atoms with E-state index in [1.807, 2.05) is 6.20 Å². The summed E-state index contributed by atoms with van der Waals surface area (Å²) in [5.74, 6) is 0.902. The summed E-state index contributed by atoms with van der Waals surface area (Å²) < 4.78 is 0. The molecule has 3 nitrogen and oxygen atoms in total. The van der Waals surface area contributed by atoms with Crippen molar-refractivity contribution in [2.45, 2.75) is 46.1 Å². The lowest BCUT2D eigenvalue weighted by molar-refractivity contribution is 0.459. The molecule has 1 unspecified atom stereocenters. The number of rotatable bonds is 3. The molecule has 1 aliphatic heterocycles. The summed E-state index contributed by atoms with van der Waals surface area (Å²) in [5, 5.41) is 0. The standard InChI is InChI=1S/C15H25N3/c1-3-13-5-4-7-18(8-6-13)15-9-12(2)17-11-14(15)10-16/h9,11,13H,3-8,10,16H2,1-2H3. The Balaban J connectivity index is 2.17. The number of pyridine rings is 1. The Hall–Kier alpha value is -1.09. The van der Waals surface area contributed by atoms with E-state index in [-0.39, 0.29) is 0 Å². The summed E-state index contributed by atoms with van der Waals surface area (Å²) in [7, 11) is 0. The molecule has 0 radical (unpaired) electrons. The summed E-state index contributed by atoms with van der Waals surface area (Å²) in [4.78, 5) is 6.86. The molecule has 0 saturated carbocycles. The smallest absolute Gasteiger partial charge is 0.0445 e. The van der Waals surface area contributed by atoms with Crippen molar-refractivity contribution < 1.29 is 0 Å². The van der Waals surface area contributed by atoms with Crippen LogP contribution in [0.4, 0.5) is 5.69 Å². The van der Waals surface area contributed by atoms with Crippen molar-refractivity contribution in [3.8, 4) is 0 Å². The van der Waals surface area contributed by atoms with Crippen LogP contribution in [0.25, 0.3) is 0 Å². The van der Waals surface area contributed by atoms with Crippen molar-refractivity contribution in [2.24, 2.45) is 11.7 Å². The number of aromatic nitrogens is 1. The molecule has 1 aromatic rings. The molecule has 2 N–H and O–H groups in total. The molecule has 100 valence electrons. The van der Waals surface area contributed by atoms with Crippen LogP contribution in [-0.2, 0) is 6.54 Å². The Kier molecular flexibility index (Phi) is 4.59. The van der Waals surface area contributed by atoms with Crippen molar-refractivity contribution in [2.75, 3.05) is 18.0 Å². The van der Waals surface area contributed by atoms with E-state index in [0.717, 1.165) is 24.7 Å². The maximum Gasteiger partial charge on any atom is 0.0445 e. The van der Waals surface area contributed by atoms with Gasteiger partial charge >= 0.3 is 0 Å². The van der Waals surface area contributed by atoms with E-state index in [9.17, 15) is 0 Å². The molecular weight excluding hydrogens is 222 g/mol. The van der Waals surface area contributed by atoms with Gasteiger partial charge in [0, 0.05) is 42.8 Å². The van der Waals surface area contributed by atoms with E-state index in [0.29, 0.717) is 6.54 Å². The van der Waals surface area contributed by atoms with Gasteiger partial charge in [-0.05, 0) is 38.2 Å². The monoisotopic (exact) mass is 247 g/mol. The topological polar surface area (TPSA) is 42.2 Å². The second-order valence-electron chi connectivity index (χ2n) is 5.35. The molecule has 3 heteroatoms. The summed E-state index contributed by atoms with van der Waals surface area (Å²) in [6.45, 7) is 7.26. The highest BCUT2D eigenvalue weighted by molar-refractivity contribution is 5.53. The van der Waals surface area contributed by atoms with E-state index in [4.69, 9.17) is 5.73 Å². The average molecular weight is 247 g/mol. The van der Waals surface area contributed by atoms with Crippen molar-refractivity contribution in [3.05, 3.63) is 23.5 Å². The Morgan fingerprint density at radius 3 is 2.94 bits per heavy atom. The summed E-state index contributed by atoms with van der Waals surface area (Å²) in [5.41, 5.74) is 9.40. The van der Waals surface area contributed by atoms with Crippen LogP contribution in [-0.4, -0.2) is 18.1 Å². The number of aryl methyl sites for hydroxylation is 1. The summed E-state index contributed by atoms with van der Waals surface area (Å²) >= 11 is 0. The maximum absolute atomic E-state index is 5.83. The Morgan fingerprint density at radius 1 is 1.39 bits per heavy atom. The van der Waals surface area contributed by atoms with Gasteiger partial charge in [0.05, 0.1) is 0 Å². The molecule has 1 saturated heterocycles. The van der Waals surface area contributed by atoms with Crippen molar-refractivity contribution in [1.82, 2.24) is 4.98 Å². The van der Waals surface area contributed by atoms with Gasteiger partial charge in [-0.2, -0.15) is 0 Å². The largest absolute Gasteiger partial charge is 0.371 e. The SMILES string of the molecule is CCC1CCCN(c2cc(C)ncc2CN)CC1. The van der Waals surface area contributed by atoms with E-state index in [2.05, 4.69) is 29.8 Å². The fourth-order valence-electron chi connectivity index (χ4n) is 2.84. The first-order valence-electron chi connectivity index (χ1n) is 7.15. The lowest BCUT2D eigenvalue weighted by atomic mass is 9.98. The molecule has 0 bridgehead atoms. The van der Waals surface area contributed by atoms with Crippen LogP contribution in [0.5, 0.6) is 0 Å². The molecule has 1 aliphatic rings. The van der Waals surface area contributed by atoms with Crippen LogP contribution in [0.15, 0.2) is 12.3 Å². The van der Waals surface area contributed by atoms with Gasteiger partial charge in [0.15, 0.2) is 0 Å². The van der Waals surface area contributed by atoms with Crippen LogP contribution in [0.2, 0.25) is 0 Å². The van der Waals surface area contributed by atoms with Crippen molar-refractivity contribution >= 4 is 5.69 Å². The predicted octanol–water partition coefficient (Wildman–Crippen LogP) is 2.87. The third-order valence-corrected chi connectivity index (χ3v) is 4.08. The first-order chi connectivity index (χ1) is 8.74. The van der Waals surface area contributed by atoms with Crippen LogP contribution in [0.1, 0.15) is 43.9 Å². The second kappa shape index (κ2) is 6.19. The number of nitrogens with two attached hydrogens (primary N) is 1. The highest BCUT2D eigenvalue weighted by atomic mass is 15.1. The lowest BCUT2D eigenvalue weighted by Crippen LogP contribution is -2.26. The van der Waals surface area contributed by atoms with Gasteiger partial charge in [-0.15, -0.1) is 0 Å². The minimum Gasteiger partial charge on any atom is -0.371 e. The minimum atomic E-state index is 0.580. The Morgan fingerprint density at radius 2 is 2.22 bits per heavy atom. The summed E-state index contributed by atoms with van der Waals surface area (Å²) in [6, 6.07) is 2.19. The molecule has 2 rings (SSSR count). The molecule has 1 fully saturated rings. The van der Waals surface area contributed by atoms with E-state index in [1.165, 1.54) is 36.9 Å². The van der Waals surface area contributed by atoms with Crippen LogP contribution >= 0.6 is 0 Å². The van der Waals surface area contributed by atoms with Gasteiger partial charge < -0.3 is 10.6 Å². The minimum absolute atomic E-state index is 0.580. The van der Waals surface area contributed by atoms with Crippen molar-refractivity contribution in [3.63, 3.8) is 0 Å². The van der Waals surface area contributed by atoms with E-state index >= 15 is 0 Å². The third kappa shape index (κ3) is 3.02. The van der Waals surface area contributed by atoms with Gasteiger partial charge in [0.2, 0.25) is 0 Å². The van der Waals surface area contributed by atoms with Crippen molar-refractivity contribution in [1.29, 1.82) is 0 Å². The molecule has 1 aromatic heterocycles. The number of anilines is 1. The van der Waals surface area contributed by atoms with Gasteiger partial charge in [-0.3, -0.25) is 4.98 Å². The molecule has 2 heterocycles. The van der Waals surface area contributed by atoms with Crippen LogP contribution in [0, 0.1) is 12.8 Å². The third-order valence-electron chi connectivity index (χ3n) is 4.08. The zero-order valence-corrected chi connectivity index (χ0v) is 11.7. The maximum atomic E-state index is 5.83. The molecule has 18 heavy (non-hydrogen) atoms. The Labute approximate surface area is 110 Å². The highest BCUT2D eigenvalue weighted by Gasteiger charge is 2.18. The fraction of sp³-hybridized carbons (Fsp3) is 0.667. The number of nitrogens with zero attached hydrogens (tertiary/aromatic N) is 2. The second-order valence-corrected chi connectivity index (χ2v) is 5.35. The normalized spacial score (nSPS) is 20.8. The van der Waals surface area contributed by atoms with Gasteiger partial charge in [0.25, 0.3) is 0 Å². The first-order valence-corrected chi connectivity index (χ1v) is 7.15. The molecule has 0 spiro atoms. The molecule has 0 aromatic carbocycles. The first kappa shape index (κ1) is 13.3. The quantitative estimate of drug-likeness (QED) is 0.893. The molecule has 0 aliphatic carbocycles. The van der Waals surface area contributed by atoms with Gasteiger partial charge in [-0.25, -0.2) is 0 Å².